The number of hydrogen-bond donors (Lipinski definition) is 1. The molecule has 2 atom stereocenters. The molecule has 0 bridgehead atoms. The summed E-state index contributed by atoms with van der Waals surface area (Å²) in [5.74, 6) is -0.916. The Morgan fingerprint density at radius 2 is 2.04 bits per heavy atom. The number of rotatable bonds is 3. The van der Waals surface area contributed by atoms with Crippen molar-refractivity contribution in [2.75, 3.05) is 25.5 Å². The first-order valence-corrected chi connectivity index (χ1v) is 7.94. The van der Waals surface area contributed by atoms with Crippen molar-refractivity contribution < 1.29 is 18.7 Å². The number of carbonyl (C=O) groups is 1. The van der Waals surface area contributed by atoms with Crippen LogP contribution in [0.2, 0.25) is 0 Å². The SMILES string of the molecule is CN(C)c1cc(C(=O)N2CC(O)CC2c2cc(F)ccc2F)ccn1. The second-order valence-corrected chi connectivity index (χ2v) is 6.33. The van der Waals surface area contributed by atoms with Gasteiger partial charge in [-0.1, -0.05) is 0 Å². The van der Waals surface area contributed by atoms with Gasteiger partial charge in [-0.25, -0.2) is 13.8 Å². The van der Waals surface area contributed by atoms with Crippen LogP contribution in [-0.2, 0) is 0 Å². The standard InChI is InChI=1S/C18H19F2N3O2/c1-22(2)17-7-11(5-6-21-17)18(25)23-10-13(24)9-16(23)14-8-12(19)3-4-15(14)20/h3-8,13,16,24H,9-10H2,1-2H3. The lowest BCUT2D eigenvalue weighted by Gasteiger charge is -2.25. The third kappa shape index (κ3) is 3.46. The summed E-state index contributed by atoms with van der Waals surface area (Å²) in [5, 5.41) is 10.00. The van der Waals surface area contributed by atoms with Crippen LogP contribution in [0.1, 0.15) is 28.4 Å². The quantitative estimate of drug-likeness (QED) is 0.926. The van der Waals surface area contributed by atoms with Gasteiger partial charge in [0.15, 0.2) is 0 Å². The number of aromatic nitrogens is 1. The predicted octanol–water partition coefficient (Wildman–Crippen LogP) is 2.37. The summed E-state index contributed by atoms with van der Waals surface area (Å²) in [5.41, 5.74) is 0.460. The maximum Gasteiger partial charge on any atom is 0.254 e. The summed E-state index contributed by atoms with van der Waals surface area (Å²) in [6.07, 6.45) is 0.900. The van der Waals surface area contributed by atoms with E-state index in [-0.39, 0.29) is 24.4 Å². The second-order valence-electron chi connectivity index (χ2n) is 6.33. The van der Waals surface area contributed by atoms with Crippen molar-refractivity contribution >= 4 is 11.7 Å². The van der Waals surface area contributed by atoms with Crippen LogP contribution < -0.4 is 4.90 Å². The van der Waals surface area contributed by atoms with Gasteiger partial charge in [0, 0.05) is 38.0 Å². The molecule has 1 saturated heterocycles. The molecular formula is C18H19F2N3O2. The molecule has 2 unspecified atom stereocenters. The van der Waals surface area contributed by atoms with Gasteiger partial charge in [0.1, 0.15) is 17.5 Å². The monoisotopic (exact) mass is 347 g/mol. The van der Waals surface area contributed by atoms with Gasteiger partial charge in [-0.15, -0.1) is 0 Å². The van der Waals surface area contributed by atoms with E-state index in [4.69, 9.17) is 0 Å². The number of pyridine rings is 1. The molecule has 25 heavy (non-hydrogen) atoms. The van der Waals surface area contributed by atoms with E-state index in [0.29, 0.717) is 11.4 Å². The zero-order chi connectivity index (χ0) is 18.1. The third-order valence-electron chi connectivity index (χ3n) is 4.31. The highest BCUT2D eigenvalue weighted by atomic mass is 19.1. The van der Waals surface area contributed by atoms with E-state index in [0.717, 1.165) is 18.2 Å². The van der Waals surface area contributed by atoms with Gasteiger partial charge in [-0.3, -0.25) is 4.79 Å². The molecule has 1 amide bonds. The number of anilines is 1. The van der Waals surface area contributed by atoms with E-state index in [2.05, 4.69) is 4.98 Å². The van der Waals surface area contributed by atoms with E-state index < -0.39 is 23.8 Å². The largest absolute Gasteiger partial charge is 0.391 e. The molecule has 2 heterocycles. The summed E-state index contributed by atoms with van der Waals surface area (Å²) in [6.45, 7) is 0.0685. The Kier molecular flexibility index (Phi) is 4.67. The molecule has 5 nitrogen and oxygen atoms in total. The van der Waals surface area contributed by atoms with Gasteiger partial charge in [0.2, 0.25) is 0 Å². The number of benzene rings is 1. The first-order valence-electron chi connectivity index (χ1n) is 7.94. The fourth-order valence-electron chi connectivity index (χ4n) is 3.06. The lowest BCUT2D eigenvalue weighted by atomic mass is 10.0. The number of halogens is 2. The summed E-state index contributed by atoms with van der Waals surface area (Å²) < 4.78 is 27.7. The van der Waals surface area contributed by atoms with Crippen LogP contribution in [0.15, 0.2) is 36.5 Å². The Bertz CT molecular complexity index is 798. The number of amides is 1. The number of likely N-dealkylation sites (tertiary alicyclic amines) is 1. The molecule has 1 aliphatic rings. The Morgan fingerprint density at radius 3 is 2.76 bits per heavy atom. The van der Waals surface area contributed by atoms with Crippen molar-refractivity contribution in [3.05, 3.63) is 59.3 Å². The van der Waals surface area contributed by atoms with E-state index in [1.165, 1.54) is 11.1 Å². The lowest BCUT2D eigenvalue weighted by Crippen LogP contribution is -2.32. The van der Waals surface area contributed by atoms with Crippen molar-refractivity contribution in [3.63, 3.8) is 0 Å². The molecule has 1 N–H and O–H groups in total. The van der Waals surface area contributed by atoms with E-state index in [1.54, 1.807) is 31.1 Å². The Morgan fingerprint density at radius 1 is 1.28 bits per heavy atom. The van der Waals surface area contributed by atoms with Crippen LogP contribution in [0.25, 0.3) is 0 Å². The van der Waals surface area contributed by atoms with Gasteiger partial charge in [0.25, 0.3) is 5.91 Å². The number of carbonyl (C=O) groups excluding carboxylic acids is 1. The summed E-state index contributed by atoms with van der Waals surface area (Å²) in [4.78, 5) is 20.2. The fourth-order valence-corrected chi connectivity index (χ4v) is 3.06. The summed E-state index contributed by atoms with van der Waals surface area (Å²) in [7, 11) is 3.61. The van der Waals surface area contributed by atoms with E-state index >= 15 is 0 Å². The van der Waals surface area contributed by atoms with E-state index in [9.17, 15) is 18.7 Å². The average Bonchev–Trinajstić information content (AvgIpc) is 2.98. The fraction of sp³-hybridized carbons (Fsp3) is 0.333. The molecule has 0 saturated carbocycles. The van der Waals surface area contributed by atoms with Gasteiger partial charge >= 0.3 is 0 Å². The maximum atomic E-state index is 14.2. The van der Waals surface area contributed by atoms with Crippen molar-refractivity contribution in [3.8, 4) is 0 Å². The number of β-amino-alcohol motifs (C(OH)–C–C–N with tert-alkyl or cyclic N) is 1. The van der Waals surface area contributed by atoms with Crippen molar-refractivity contribution in [2.45, 2.75) is 18.6 Å². The number of aliphatic hydroxyl groups is 1. The highest BCUT2D eigenvalue weighted by Crippen LogP contribution is 2.35. The van der Waals surface area contributed by atoms with Crippen LogP contribution in [0.3, 0.4) is 0 Å². The number of hydrogen-bond acceptors (Lipinski definition) is 4. The van der Waals surface area contributed by atoms with Gasteiger partial charge in [-0.05, 0) is 36.8 Å². The van der Waals surface area contributed by atoms with Gasteiger partial charge in [-0.2, -0.15) is 0 Å². The Balaban J connectivity index is 1.95. The predicted molar refractivity (Wildman–Crippen MR) is 89.3 cm³/mol. The Hall–Kier alpha value is -2.54. The van der Waals surface area contributed by atoms with Crippen molar-refractivity contribution in [1.82, 2.24) is 9.88 Å². The minimum absolute atomic E-state index is 0.0685. The van der Waals surface area contributed by atoms with E-state index in [1.807, 2.05) is 0 Å². The lowest BCUT2D eigenvalue weighted by molar-refractivity contribution is 0.0713. The molecule has 0 spiro atoms. The van der Waals surface area contributed by atoms with Crippen molar-refractivity contribution in [2.24, 2.45) is 0 Å². The van der Waals surface area contributed by atoms with Crippen LogP contribution in [0, 0.1) is 11.6 Å². The number of nitrogens with zero attached hydrogens (tertiary/aromatic N) is 3. The molecule has 0 radical (unpaired) electrons. The zero-order valence-corrected chi connectivity index (χ0v) is 14.0. The van der Waals surface area contributed by atoms with Crippen LogP contribution in [0.5, 0.6) is 0 Å². The number of aliphatic hydroxyl groups excluding tert-OH is 1. The smallest absolute Gasteiger partial charge is 0.254 e. The second kappa shape index (κ2) is 6.76. The van der Waals surface area contributed by atoms with Crippen molar-refractivity contribution in [1.29, 1.82) is 0 Å². The first-order chi connectivity index (χ1) is 11.9. The molecule has 7 heteroatoms. The highest BCUT2D eigenvalue weighted by Gasteiger charge is 2.37. The van der Waals surface area contributed by atoms with Gasteiger partial charge < -0.3 is 14.9 Å². The summed E-state index contributed by atoms with van der Waals surface area (Å²) >= 11 is 0. The van der Waals surface area contributed by atoms with Gasteiger partial charge in [0.05, 0.1) is 12.1 Å². The molecule has 1 aliphatic heterocycles. The molecular weight excluding hydrogens is 328 g/mol. The molecule has 1 fully saturated rings. The summed E-state index contributed by atoms with van der Waals surface area (Å²) in [6, 6.07) is 5.63. The molecule has 1 aromatic heterocycles. The topological polar surface area (TPSA) is 56.7 Å². The van der Waals surface area contributed by atoms with Crippen LogP contribution in [-0.4, -0.2) is 47.6 Å². The normalized spacial score (nSPS) is 20.0. The zero-order valence-electron chi connectivity index (χ0n) is 14.0. The molecule has 132 valence electrons. The van der Waals surface area contributed by atoms with Crippen LogP contribution in [0.4, 0.5) is 14.6 Å². The maximum absolute atomic E-state index is 14.2. The molecule has 1 aromatic carbocycles. The molecule has 2 aromatic rings. The molecule has 3 rings (SSSR count). The molecule has 0 aliphatic carbocycles. The minimum Gasteiger partial charge on any atom is -0.391 e. The Labute approximate surface area is 144 Å². The average molecular weight is 347 g/mol. The minimum atomic E-state index is -0.785. The third-order valence-corrected chi connectivity index (χ3v) is 4.31. The first kappa shape index (κ1) is 17.3. The van der Waals surface area contributed by atoms with Crippen LogP contribution >= 0.6 is 0 Å². The highest BCUT2D eigenvalue weighted by molar-refractivity contribution is 5.95.